The fourth-order valence-corrected chi connectivity index (χ4v) is 1.69. The van der Waals surface area contributed by atoms with E-state index in [0.29, 0.717) is 10.9 Å². The molecule has 2 aromatic heterocycles. The predicted octanol–water partition coefficient (Wildman–Crippen LogP) is 2.20. The van der Waals surface area contributed by atoms with Crippen molar-refractivity contribution in [2.75, 3.05) is 14.1 Å². The lowest BCUT2D eigenvalue weighted by Crippen LogP contribution is -2.08. The van der Waals surface area contributed by atoms with Crippen LogP contribution in [0.1, 0.15) is 10.4 Å². The second-order valence-electron chi connectivity index (χ2n) is 4.05. The largest absolute Gasteiger partial charge is 0.478 e. The Labute approximate surface area is 114 Å². The predicted molar refractivity (Wildman–Crippen MR) is 73.3 cm³/mol. The lowest BCUT2D eigenvalue weighted by Gasteiger charge is -2.06. The molecule has 2 aromatic rings. The second kappa shape index (κ2) is 5.19. The van der Waals surface area contributed by atoms with Crippen molar-refractivity contribution in [3.05, 3.63) is 29.0 Å². The van der Waals surface area contributed by atoms with E-state index >= 15 is 0 Å². The second-order valence-corrected chi connectivity index (χ2v) is 4.40. The fourth-order valence-electron chi connectivity index (χ4n) is 1.48. The summed E-state index contributed by atoms with van der Waals surface area (Å²) in [5.41, 5.74) is 0.452. The van der Waals surface area contributed by atoms with Crippen LogP contribution in [0.5, 0.6) is 0 Å². The Morgan fingerprint density at radius 1 is 1.53 bits per heavy atom. The number of pyridine rings is 2. The first-order valence-corrected chi connectivity index (χ1v) is 5.76. The molecule has 0 aliphatic carbocycles. The van der Waals surface area contributed by atoms with E-state index in [1.807, 2.05) is 0 Å². The van der Waals surface area contributed by atoms with Gasteiger partial charge in [-0.25, -0.2) is 19.8 Å². The van der Waals surface area contributed by atoms with Crippen molar-refractivity contribution in [3.63, 3.8) is 0 Å². The van der Waals surface area contributed by atoms with Crippen LogP contribution in [0.15, 0.2) is 23.3 Å². The summed E-state index contributed by atoms with van der Waals surface area (Å²) in [4.78, 5) is 25.0. The van der Waals surface area contributed by atoms with Gasteiger partial charge in [0.15, 0.2) is 11.0 Å². The SMILES string of the molecule is CN(C)C=Nc1nc2c(Cl)nccc2cc1C(=O)O. The van der Waals surface area contributed by atoms with Crippen molar-refractivity contribution in [2.24, 2.45) is 4.99 Å². The van der Waals surface area contributed by atoms with Gasteiger partial charge in [-0.05, 0) is 12.1 Å². The van der Waals surface area contributed by atoms with Crippen LogP contribution in [0.4, 0.5) is 5.82 Å². The standard InChI is InChI=1S/C12H11ClN4O2/c1-17(2)6-15-11-8(12(18)19)5-7-3-4-14-10(13)9(7)16-11/h3-6H,1-2H3,(H,18,19). The molecule has 0 saturated carbocycles. The lowest BCUT2D eigenvalue weighted by molar-refractivity contribution is 0.0697. The highest BCUT2D eigenvalue weighted by Gasteiger charge is 2.14. The van der Waals surface area contributed by atoms with Gasteiger partial charge >= 0.3 is 5.97 Å². The zero-order valence-corrected chi connectivity index (χ0v) is 11.1. The average molecular weight is 279 g/mol. The Balaban J connectivity index is 2.68. The van der Waals surface area contributed by atoms with Crippen molar-refractivity contribution in [1.29, 1.82) is 0 Å². The Morgan fingerprint density at radius 2 is 2.26 bits per heavy atom. The van der Waals surface area contributed by atoms with Crippen LogP contribution in [0.25, 0.3) is 10.9 Å². The van der Waals surface area contributed by atoms with Crippen LogP contribution in [0.3, 0.4) is 0 Å². The zero-order chi connectivity index (χ0) is 14.0. The van der Waals surface area contributed by atoms with Gasteiger partial charge in [-0.1, -0.05) is 11.6 Å². The summed E-state index contributed by atoms with van der Waals surface area (Å²) in [7, 11) is 3.55. The van der Waals surface area contributed by atoms with Crippen molar-refractivity contribution in [2.45, 2.75) is 0 Å². The molecule has 0 amide bonds. The summed E-state index contributed by atoms with van der Waals surface area (Å²) < 4.78 is 0. The normalized spacial score (nSPS) is 11.1. The number of carboxylic acids is 1. The van der Waals surface area contributed by atoms with Gasteiger partial charge in [0.05, 0.1) is 6.34 Å². The maximum absolute atomic E-state index is 11.2. The molecule has 6 nitrogen and oxygen atoms in total. The minimum atomic E-state index is -1.09. The number of nitrogens with zero attached hydrogens (tertiary/aromatic N) is 4. The molecule has 0 unspecified atom stereocenters. The molecule has 2 heterocycles. The minimum Gasteiger partial charge on any atom is -0.478 e. The van der Waals surface area contributed by atoms with E-state index in [9.17, 15) is 9.90 Å². The maximum atomic E-state index is 11.2. The highest BCUT2D eigenvalue weighted by atomic mass is 35.5. The fraction of sp³-hybridized carbons (Fsp3) is 0.167. The van der Waals surface area contributed by atoms with E-state index in [1.54, 1.807) is 25.1 Å². The monoisotopic (exact) mass is 278 g/mol. The van der Waals surface area contributed by atoms with Gasteiger partial charge in [-0.3, -0.25) is 0 Å². The average Bonchev–Trinajstić information content (AvgIpc) is 2.36. The molecule has 0 saturated heterocycles. The third-order valence-corrected chi connectivity index (χ3v) is 2.59. The van der Waals surface area contributed by atoms with Crippen LogP contribution < -0.4 is 0 Å². The first kappa shape index (κ1) is 13.2. The molecule has 2 rings (SSSR count). The van der Waals surface area contributed by atoms with Gasteiger partial charge in [-0.2, -0.15) is 0 Å². The van der Waals surface area contributed by atoms with Gasteiger partial charge < -0.3 is 10.0 Å². The van der Waals surface area contributed by atoms with E-state index in [1.165, 1.54) is 18.6 Å². The van der Waals surface area contributed by atoms with E-state index in [-0.39, 0.29) is 16.5 Å². The number of aliphatic imine (C=N–C) groups is 1. The Bertz CT molecular complexity index is 670. The Morgan fingerprint density at radius 3 is 2.89 bits per heavy atom. The molecule has 0 bridgehead atoms. The molecule has 0 radical (unpaired) electrons. The molecule has 0 aliphatic heterocycles. The highest BCUT2D eigenvalue weighted by Crippen LogP contribution is 2.26. The van der Waals surface area contributed by atoms with E-state index in [0.717, 1.165) is 0 Å². The summed E-state index contributed by atoms with van der Waals surface area (Å²) in [6.45, 7) is 0. The number of aromatic carboxylic acids is 1. The van der Waals surface area contributed by atoms with Crippen molar-refractivity contribution < 1.29 is 9.90 Å². The molecule has 1 N–H and O–H groups in total. The molecule has 0 aliphatic rings. The number of halogens is 1. The van der Waals surface area contributed by atoms with E-state index in [4.69, 9.17) is 11.6 Å². The quantitative estimate of drug-likeness (QED) is 0.529. The molecule has 0 aromatic carbocycles. The third-order valence-electron chi connectivity index (χ3n) is 2.31. The molecule has 19 heavy (non-hydrogen) atoms. The van der Waals surface area contributed by atoms with Crippen LogP contribution >= 0.6 is 11.6 Å². The topological polar surface area (TPSA) is 78.7 Å². The third kappa shape index (κ3) is 2.79. The number of hydrogen-bond acceptors (Lipinski definition) is 4. The smallest absolute Gasteiger partial charge is 0.339 e. The summed E-state index contributed by atoms with van der Waals surface area (Å²) in [6, 6.07) is 3.14. The minimum absolute atomic E-state index is 0.0212. The lowest BCUT2D eigenvalue weighted by atomic mass is 10.2. The number of fused-ring (bicyclic) bond motifs is 1. The van der Waals surface area contributed by atoms with Gasteiger partial charge in [0.25, 0.3) is 0 Å². The highest BCUT2D eigenvalue weighted by molar-refractivity contribution is 6.33. The Hall–Kier alpha value is -2.21. The summed E-state index contributed by atoms with van der Waals surface area (Å²) >= 11 is 5.94. The number of carbonyl (C=O) groups is 1. The molecule has 0 fully saturated rings. The van der Waals surface area contributed by atoms with E-state index < -0.39 is 5.97 Å². The van der Waals surface area contributed by atoms with Crippen LogP contribution in [-0.4, -0.2) is 46.4 Å². The summed E-state index contributed by atoms with van der Waals surface area (Å²) in [6.07, 6.45) is 2.98. The van der Waals surface area contributed by atoms with Gasteiger partial charge in [0.1, 0.15) is 11.1 Å². The zero-order valence-electron chi connectivity index (χ0n) is 10.3. The first-order chi connectivity index (χ1) is 8.99. The molecular formula is C12H11ClN4O2. The number of aromatic nitrogens is 2. The maximum Gasteiger partial charge on any atom is 0.339 e. The van der Waals surface area contributed by atoms with Gasteiger partial charge in [0.2, 0.25) is 0 Å². The van der Waals surface area contributed by atoms with E-state index in [2.05, 4.69) is 15.0 Å². The van der Waals surface area contributed by atoms with Crippen LogP contribution in [-0.2, 0) is 0 Å². The molecule has 7 heteroatoms. The summed E-state index contributed by atoms with van der Waals surface area (Å²) in [5, 5.41) is 10.0. The van der Waals surface area contributed by atoms with Crippen molar-refractivity contribution in [3.8, 4) is 0 Å². The summed E-state index contributed by atoms with van der Waals surface area (Å²) in [5.74, 6) is -0.989. The van der Waals surface area contributed by atoms with Crippen molar-refractivity contribution in [1.82, 2.24) is 14.9 Å². The molecular weight excluding hydrogens is 268 g/mol. The first-order valence-electron chi connectivity index (χ1n) is 5.38. The van der Waals surface area contributed by atoms with Gasteiger partial charge in [-0.15, -0.1) is 0 Å². The molecule has 98 valence electrons. The molecule has 0 atom stereocenters. The van der Waals surface area contributed by atoms with Crippen LogP contribution in [0.2, 0.25) is 5.15 Å². The Kier molecular flexibility index (Phi) is 3.62. The number of carboxylic acid groups (broad SMARTS) is 1. The molecule has 0 spiro atoms. The van der Waals surface area contributed by atoms with Crippen LogP contribution in [0, 0.1) is 0 Å². The van der Waals surface area contributed by atoms with Crippen molar-refractivity contribution >= 4 is 40.6 Å². The van der Waals surface area contributed by atoms with Gasteiger partial charge in [0, 0.05) is 25.7 Å². The number of rotatable bonds is 3. The number of hydrogen-bond donors (Lipinski definition) is 1.